The van der Waals surface area contributed by atoms with Gasteiger partial charge < -0.3 is 39.8 Å². The van der Waals surface area contributed by atoms with Crippen molar-refractivity contribution in [3.05, 3.63) is 23.8 Å². The van der Waals surface area contributed by atoms with Crippen LogP contribution in [0.2, 0.25) is 0 Å². The standard InChI is InChI=1S/C31H52N2O9/c1-20(2)23(17-22-10-11-26(40-8)27(18-22)41-15-9-14-39-7)19-24(33-30(38)42-31(4,5)6)25(34)16-21(3)29(37)32-13-12-28(35)36/h10-11,18,20-21,23-25,34H,9,12-17,19H2,1-8H3,(H,32,37)(H,33,38)(H,35,36)/t21-,23+,24+,25+/m1/s1. The molecule has 1 rings (SSSR count). The number of methoxy groups -OCH3 is 2. The van der Waals surface area contributed by atoms with Gasteiger partial charge >= 0.3 is 12.1 Å². The van der Waals surface area contributed by atoms with Gasteiger partial charge in [-0.05, 0) is 69.6 Å². The van der Waals surface area contributed by atoms with E-state index >= 15 is 0 Å². The number of carboxylic acid groups (broad SMARTS) is 1. The van der Waals surface area contributed by atoms with Crippen molar-refractivity contribution in [2.45, 2.75) is 91.4 Å². The summed E-state index contributed by atoms with van der Waals surface area (Å²) in [7, 11) is 3.24. The minimum absolute atomic E-state index is 0.00353. The number of aliphatic hydroxyl groups excluding tert-OH is 1. The number of carboxylic acids is 1. The zero-order valence-corrected chi connectivity index (χ0v) is 26.5. The van der Waals surface area contributed by atoms with E-state index in [0.29, 0.717) is 37.6 Å². The van der Waals surface area contributed by atoms with Crippen molar-refractivity contribution in [1.29, 1.82) is 0 Å². The lowest BCUT2D eigenvalue weighted by Crippen LogP contribution is -2.48. The highest BCUT2D eigenvalue weighted by Gasteiger charge is 2.31. The number of rotatable bonds is 19. The van der Waals surface area contributed by atoms with Gasteiger partial charge in [-0.25, -0.2) is 4.79 Å². The molecule has 1 aromatic rings. The quantitative estimate of drug-likeness (QED) is 0.172. The predicted molar refractivity (Wildman–Crippen MR) is 160 cm³/mol. The fourth-order valence-corrected chi connectivity index (χ4v) is 4.44. The van der Waals surface area contributed by atoms with Crippen molar-refractivity contribution in [3.8, 4) is 11.5 Å². The molecule has 0 aliphatic rings. The van der Waals surface area contributed by atoms with E-state index in [1.165, 1.54) is 0 Å². The third-order valence-corrected chi connectivity index (χ3v) is 6.82. The largest absolute Gasteiger partial charge is 0.493 e. The van der Waals surface area contributed by atoms with Crippen LogP contribution in [-0.4, -0.2) is 79.9 Å². The Morgan fingerprint density at radius 1 is 1.00 bits per heavy atom. The number of carbonyl (C=O) groups excluding carboxylic acids is 2. The average molecular weight is 597 g/mol. The van der Waals surface area contributed by atoms with Crippen LogP contribution in [0.1, 0.15) is 72.8 Å². The molecule has 42 heavy (non-hydrogen) atoms. The molecule has 4 atom stereocenters. The Hall–Kier alpha value is -3.05. The molecular formula is C31H52N2O9. The number of hydrogen-bond donors (Lipinski definition) is 4. The highest BCUT2D eigenvalue weighted by Crippen LogP contribution is 2.32. The number of aliphatic carboxylic acids is 1. The molecule has 0 radical (unpaired) electrons. The summed E-state index contributed by atoms with van der Waals surface area (Å²) in [5.41, 5.74) is 0.296. The van der Waals surface area contributed by atoms with Crippen molar-refractivity contribution in [2.75, 3.05) is 34.0 Å². The van der Waals surface area contributed by atoms with E-state index in [-0.39, 0.29) is 37.1 Å². The molecule has 0 spiro atoms. The molecule has 0 unspecified atom stereocenters. The average Bonchev–Trinajstić information content (AvgIpc) is 2.88. The minimum atomic E-state index is -1.05. The van der Waals surface area contributed by atoms with Crippen LogP contribution in [0.3, 0.4) is 0 Å². The van der Waals surface area contributed by atoms with E-state index in [0.717, 1.165) is 12.0 Å². The molecule has 0 aliphatic carbocycles. The van der Waals surface area contributed by atoms with E-state index in [4.69, 9.17) is 24.1 Å². The van der Waals surface area contributed by atoms with Crippen molar-refractivity contribution in [2.24, 2.45) is 17.8 Å². The summed E-state index contributed by atoms with van der Waals surface area (Å²) in [6, 6.07) is 5.11. The highest BCUT2D eigenvalue weighted by atomic mass is 16.6. The van der Waals surface area contributed by atoms with Gasteiger partial charge in [0.05, 0.1) is 32.3 Å². The first-order chi connectivity index (χ1) is 19.7. The van der Waals surface area contributed by atoms with Crippen molar-refractivity contribution in [3.63, 3.8) is 0 Å². The lowest BCUT2D eigenvalue weighted by atomic mass is 9.82. The van der Waals surface area contributed by atoms with Crippen molar-refractivity contribution >= 4 is 18.0 Å². The van der Waals surface area contributed by atoms with Gasteiger partial charge in [0.2, 0.25) is 5.91 Å². The zero-order valence-electron chi connectivity index (χ0n) is 26.5. The van der Waals surface area contributed by atoms with E-state index in [2.05, 4.69) is 24.5 Å². The second-order valence-electron chi connectivity index (χ2n) is 12.0. The molecule has 0 saturated carbocycles. The van der Waals surface area contributed by atoms with Gasteiger partial charge in [-0.3, -0.25) is 9.59 Å². The number of benzene rings is 1. The zero-order chi connectivity index (χ0) is 31.9. The summed E-state index contributed by atoms with van der Waals surface area (Å²) in [4.78, 5) is 36.0. The van der Waals surface area contributed by atoms with Crippen LogP contribution in [0.5, 0.6) is 11.5 Å². The maximum atomic E-state index is 12.8. The lowest BCUT2D eigenvalue weighted by Gasteiger charge is -2.32. The van der Waals surface area contributed by atoms with E-state index in [1.54, 1.807) is 41.9 Å². The van der Waals surface area contributed by atoms with Crippen LogP contribution in [0.15, 0.2) is 18.2 Å². The van der Waals surface area contributed by atoms with Crippen molar-refractivity contribution < 1.29 is 43.5 Å². The SMILES string of the molecule is COCCCOc1cc(C[C@@H](C[C@H](NC(=O)OC(C)(C)C)[C@@H](O)C[C@@H](C)C(=O)NCCC(=O)O)C(C)C)ccc1OC. The molecule has 11 heteroatoms. The Morgan fingerprint density at radius 2 is 1.69 bits per heavy atom. The minimum Gasteiger partial charge on any atom is -0.493 e. The van der Waals surface area contributed by atoms with Gasteiger partial charge in [0, 0.05) is 32.6 Å². The summed E-state index contributed by atoms with van der Waals surface area (Å²) in [6.07, 6.45) is 0.0161. The second-order valence-corrected chi connectivity index (χ2v) is 12.0. The molecule has 0 heterocycles. The summed E-state index contributed by atoms with van der Waals surface area (Å²) in [6.45, 7) is 12.2. The molecule has 0 bridgehead atoms. The van der Waals surface area contributed by atoms with Crippen LogP contribution in [-0.2, 0) is 25.5 Å². The number of hydrogen-bond acceptors (Lipinski definition) is 8. The number of amides is 2. The fourth-order valence-electron chi connectivity index (χ4n) is 4.44. The summed E-state index contributed by atoms with van der Waals surface area (Å²) in [5.74, 6) is -0.450. The number of alkyl carbamates (subject to hydrolysis) is 1. The van der Waals surface area contributed by atoms with Crippen LogP contribution in [0.25, 0.3) is 0 Å². The van der Waals surface area contributed by atoms with Crippen LogP contribution >= 0.6 is 0 Å². The first kappa shape index (κ1) is 37.0. The van der Waals surface area contributed by atoms with Gasteiger partial charge in [-0.15, -0.1) is 0 Å². The summed E-state index contributed by atoms with van der Waals surface area (Å²) >= 11 is 0. The number of nitrogens with one attached hydrogen (secondary N) is 2. The first-order valence-electron chi connectivity index (χ1n) is 14.6. The summed E-state index contributed by atoms with van der Waals surface area (Å²) < 4.78 is 22.0. The number of ether oxygens (including phenoxy) is 4. The number of aliphatic hydroxyl groups is 1. The molecule has 2 amide bonds. The van der Waals surface area contributed by atoms with E-state index < -0.39 is 35.7 Å². The van der Waals surface area contributed by atoms with Crippen LogP contribution in [0, 0.1) is 17.8 Å². The van der Waals surface area contributed by atoms with Gasteiger partial charge in [-0.1, -0.05) is 26.8 Å². The molecule has 0 aromatic heterocycles. The lowest BCUT2D eigenvalue weighted by molar-refractivity contribution is -0.137. The molecule has 0 aliphatic heterocycles. The van der Waals surface area contributed by atoms with Gasteiger partial charge in [-0.2, -0.15) is 0 Å². The molecular weight excluding hydrogens is 544 g/mol. The Morgan fingerprint density at radius 3 is 2.26 bits per heavy atom. The van der Waals surface area contributed by atoms with Gasteiger partial charge in [0.15, 0.2) is 11.5 Å². The summed E-state index contributed by atoms with van der Waals surface area (Å²) in [5, 5.41) is 25.5. The monoisotopic (exact) mass is 596 g/mol. The molecule has 0 saturated heterocycles. The van der Waals surface area contributed by atoms with Gasteiger partial charge in [0.1, 0.15) is 5.60 Å². The normalized spacial score (nSPS) is 14.4. The van der Waals surface area contributed by atoms with Gasteiger partial charge in [0.25, 0.3) is 0 Å². The predicted octanol–water partition coefficient (Wildman–Crippen LogP) is 4.19. The molecule has 4 N–H and O–H groups in total. The molecule has 0 fully saturated rings. The molecule has 1 aromatic carbocycles. The topological polar surface area (TPSA) is 153 Å². The van der Waals surface area contributed by atoms with E-state index in [9.17, 15) is 19.5 Å². The maximum Gasteiger partial charge on any atom is 0.407 e. The van der Waals surface area contributed by atoms with Crippen LogP contribution in [0.4, 0.5) is 4.79 Å². The Balaban J connectivity index is 3.10. The number of carbonyl (C=O) groups is 3. The third kappa shape index (κ3) is 14.7. The Kier molecular flexibility index (Phi) is 16.3. The fraction of sp³-hybridized carbons (Fsp3) is 0.710. The second kappa shape index (κ2) is 18.5. The molecule has 11 nitrogen and oxygen atoms in total. The first-order valence-corrected chi connectivity index (χ1v) is 14.6. The Bertz CT molecular complexity index is 978. The van der Waals surface area contributed by atoms with E-state index in [1.807, 2.05) is 18.2 Å². The smallest absolute Gasteiger partial charge is 0.407 e. The maximum absolute atomic E-state index is 12.8. The third-order valence-electron chi connectivity index (χ3n) is 6.82. The highest BCUT2D eigenvalue weighted by molar-refractivity contribution is 5.79. The van der Waals surface area contributed by atoms with Crippen molar-refractivity contribution in [1.82, 2.24) is 10.6 Å². The Labute approximate surface area is 250 Å². The van der Waals surface area contributed by atoms with Crippen LogP contribution < -0.4 is 20.1 Å². The molecule has 240 valence electrons.